The number of hydrogen-bond donors (Lipinski definition) is 0. The third kappa shape index (κ3) is 4.74. The molecule has 0 heterocycles. The second-order valence-corrected chi connectivity index (χ2v) is 8.22. The highest BCUT2D eigenvalue weighted by molar-refractivity contribution is 9.10. The van der Waals surface area contributed by atoms with Crippen molar-refractivity contribution in [3.8, 4) is 0 Å². The van der Waals surface area contributed by atoms with E-state index >= 15 is 0 Å². The van der Waals surface area contributed by atoms with Crippen LogP contribution in [0, 0.1) is 11.7 Å². The number of benzene rings is 3. The topological polar surface area (TPSA) is 38.7 Å². The van der Waals surface area contributed by atoms with Crippen molar-refractivity contribution in [1.29, 1.82) is 0 Å². The fourth-order valence-electron chi connectivity index (χ4n) is 3.26. The summed E-state index contributed by atoms with van der Waals surface area (Å²) >= 11 is 9.42. The predicted octanol–water partition coefficient (Wildman–Crippen LogP) is 6.61. The van der Waals surface area contributed by atoms with Gasteiger partial charge in [-0.15, -0.1) is 0 Å². The van der Waals surface area contributed by atoms with Crippen molar-refractivity contribution in [2.24, 2.45) is 11.1 Å². The highest BCUT2D eigenvalue weighted by atomic mass is 79.9. The minimum atomic E-state index is -0.622. The van der Waals surface area contributed by atoms with Gasteiger partial charge in [-0.05, 0) is 72.0 Å². The Bertz CT molecular complexity index is 1050. The normalized spacial score (nSPS) is 18.4. The molecule has 0 N–H and O–H groups in total. The molecule has 3 aromatic carbocycles. The van der Waals surface area contributed by atoms with Crippen molar-refractivity contribution in [1.82, 2.24) is 0 Å². The summed E-state index contributed by atoms with van der Waals surface area (Å²) in [6.07, 6.45) is 0.907. The van der Waals surface area contributed by atoms with Crippen molar-refractivity contribution < 1.29 is 14.0 Å². The number of carbonyl (C=O) groups excluding carboxylic acids is 1. The Morgan fingerprint density at radius 1 is 0.966 bits per heavy atom. The minimum Gasteiger partial charge on any atom is -0.313 e. The molecular formula is C23H16BrClFNO2. The zero-order chi connectivity index (χ0) is 20.4. The molecule has 0 radical (unpaired) electrons. The molecule has 0 bridgehead atoms. The van der Waals surface area contributed by atoms with E-state index in [-0.39, 0.29) is 11.5 Å². The summed E-state index contributed by atoms with van der Waals surface area (Å²) in [6.45, 7) is 0. The molecule has 4 rings (SSSR count). The summed E-state index contributed by atoms with van der Waals surface area (Å²) in [7, 11) is 0. The van der Waals surface area contributed by atoms with Crippen LogP contribution in [-0.4, -0.2) is 11.7 Å². The van der Waals surface area contributed by atoms with Gasteiger partial charge in [-0.25, -0.2) is 9.18 Å². The molecule has 2 unspecified atom stereocenters. The second kappa shape index (κ2) is 8.47. The van der Waals surface area contributed by atoms with E-state index in [9.17, 15) is 9.18 Å². The molecule has 29 heavy (non-hydrogen) atoms. The number of oxime groups is 1. The van der Waals surface area contributed by atoms with Gasteiger partial charge in [0.15, 0.2) is 0 Å². The van der Waals surface area contributed by atoms with Crippen LogP contribution in [0.2, 0.25) is 5.02 Å². The lowest BCUT2D eigenvalue weighted by Crippen LogP contribution is -2.09. The lowest BCUT2D eigenvalue weighted by atomic mass is 10.0. The number of rotatable bonds is 5. The van der Waals surface area contributed by atoms with Gasteiger partial charge in [0.05, 0.1) is 11.3 Å². The van der Waals surface area contributed by atoms with Crippen LogP contribution in [0.4, 0.5) is 4.39 Å². The van der Waals surface area contributed by atoms with Gasteiger partial charge in [-0.3, -0.25) is 0 Å². The molecule has 1 aliphatic rings. The van der Waals surface area contributed by atoms with Gasteiger partial charge in [0.2, 0.25) is 0 Å². The SMILES string of the molecule is O=C(O/N=C(\c1ccc(Br)cc1)C1CC1c1ccc(Cl)cc1)c1ccc(F)cc1. The van der Waals surface area contributed by atoms with Crippen LogP contribution in [0.3, 0.4) is 0 Å². The highest BCUT2D eigenvalue weighted by Gasteiger charge is 2.43. The maximum atomic E-state index is 13.1. The van der Waals surface area contributed by atoms with E-state index in [0.29, 0.717) is 16.7 Å². The highest BCUT2D eigenvalue weighted by Crippen LogP contribution is 2.49. The summed E-state index contributed by atoms with van der Waals surface area (Å²) in [5.41, 5.74) is 3.03. The molecular weight excluding hydrogens is 457 g/mol. The van der Waals surface area contributed by atoms with Crippen LogP contribution >= 0.6 is 27.5 Å². The average Bonchev–Trinajstić information content (AvgIpc) is 3.51. The number of carbonyl (C=O) groups is 1. The number of hydrogen-bond acceptors (Lipinski definition) is 3. The Balaban J connectivity index is 1.58. The fourth-order valence-corrected chi connectivity index (χ4v) is 3.65. The lowest BCUT2D eigenvalue weighted by Gasteiger charge is -2.07. The third-order valence-electron chi connectivity index (χ3n) is 4.89. The molecule has 146 valence electrons. The van der Waals surface area contributed by atoms with Crippen molar-refractivity contribution in [3.05, 3.63) is 105 Å². The van der Waals surface area contributed by atoms with Gasteiger partial charge in [-0.2, -0.15) is 0 Å². The van der Waals surface area contributed by atoms with Crippen LogP contribution in [-0.2, 0) is 4.84 Å². The van der Waals surface area contributed by atoms with Crippen molar-refractivity contribution in [3.63, 3.8) is 0 Å². The van der Waals surface area contributed by atoms with Crippen LogP contribution < -0.4 is 0 Å². The van der Waals surface area contributed by atoms with E-state index in [1.165, 1.54) is 29.8 Å². The van der Waals surface area contributed by atoms with Gasteiger partial charge in [0.1, 0.15) is 5.82 Å². The van der Waals surface area contributed by atoms with Crippen LogP contribution in [0.15, 0.2) is 82.4 Å². The maximum absolute atomic E-state index is 13.1. The van der Waals surface area contributed by atoms with Crippen molar-refractivity contribution >= 4 is 39.2 Å². The first kappa shape index (κ1) is 19.8. The number of halogens is 3. The maximum Gasteiger partial charge on any atom is 0.365 e. The smallest absolute Gasteiger partial charge is 0.313 e. The van der Waals surface area contributed by atoms with Crippen LogP contribution in [0.25, 0.3) is 0 Å². The largest absolute Gasteiger partial charge is 0.365 e. The monoisotopic (exact) mass is 471 g/mol. The summed E-state index contributed by atoms with van der Waals surface area (Å²) < 4.78 is 14.0. The summed E-state index contributed by atoms with van der Waals surface area (Å²) in [5, 5.41) is 4.91. The molecule has 3 aromatic rings. The fraction of sp³-hybridized carbons (Fsp3) is 0.130. The van der Waals surface area contributed by atoms with Crippen LogP contribution in [0.5, 0.6) is 0 Å². The summed E-state index contributed by atoms with van der Waals surface area (Å²) in [6, 6.07) is 20.7. The Morgan fingerprint density at radius 2 is 1.59 bits per heavy atom. The molecule has 0 amide bonds. The van der Waals surface area contributed by atoms with Gasteiger partial charge in [0, 0.05) is 15.4 Å². The quantitative estimate of drug-likeness (QED) is 0.238. The first-order valence-corrected chi connectivity index (χ1v) is 10.2. The van der Waals surface area contributed by atoms with Crippen molar-refractivity contribution in [2.75, 3.05) is 0 Å². The summed E-state index contributed by atoms with van der Waals surface area (Å²) in [4.78, 5) is 17.5. The average molecular weight is 473 g/mol. The molecule has 1 saturated carbocycles. The Labute approximate surface area is 181 Å². The molecule has 2 atom stereocenters. The number of nitrogens with zero attached hydrogens (tertiary/aromatic N) is 1. The first-order valence-electron chi connectivity index (χ1n) is 9.07. The van der Waals surface area contributed by atoms with Gasteiger partial charge >= 0.3 is 5.97 Å². The van der Waals surface area contributed by atoms with E-state index in [1.54, 1.807) is 0 Å². The third-order valence-corrected chi connectivity index (χ3v) is 5.67. The Morgan fingerprint density at radius 3 is 2.24 bits per heavy atom. The molecule has 1 aliphatic carbocycles. The summed E-state index contributed by atoms with van der Waals surface area (Å²) in [5.74, 6) is -0.606. The zero-order valence-corrected chi connectivity index (χ0v) is 17.5. The zero-order valence-electron chi connectivity index (χ0n) is 15.2. The van der Waals surface area contributed by atoms with Crippen molar-refractivity contribution in [2.45, 2.75) is 12.3 Å². The van der Waals surface area contributed by atoms with Gasteiger partial charge < -0.3 is 4.84 Å². The van der Waals surface area contributed by atoms with E-state index in [0.717, 1.165) is 16.5 Å². The van der Waals surface area contributed by atoms with E-state index in [2.05, 4.69) is 21.1 Å². The van der Waals surface area contributed by atoms with Crippen LogP contribution in [0.1, 0.15) is 33.8 Å². The molecule has 0 saturated heterocycles. The Hall–Kier alpha value is -2.50. The molecule has 0 spiro atoms. The van der Waals surface area contributed by atoms with Gasteiger partial charge in [-0.1, -0.05) is 57.0 Å². The first-order chi connectivity index (χ1) is 14.0. The lowest BCUT2D eigenvalue weighted by molar-refractivity contribution is 0.0515. The molecule has 0 aromatic heterocycles. The van der Waals surface area contributed by atoms with Gasteiger partial charge in [0.25, 0.3) is 0 Å². The molecule has 6 heteroatoms. The molecule has 1 fully saturated rings. The van der Waals surface area contributed by atoms with E-state index in [4.69, 9.17) is 16.4 Å². The molecule has 3 nitrogen and oxygen atoms in total. The molecule has 0 aliphatic heterocycles. The predicted molar refractivity (Wildman–Crippen MR) is 115 cm³/mol. The second-order valence-electron chi connectivity index (χ2n) is 6.87. The standard InChI is InChI=1S/C23H16BrClFNO2/c24-17-7-1-15(2-8-17)22(21-13-20(21)14-3-9-18(25)10-4-14)27-29-23(28)16-5-11-19(26)12-6-16/h1-12,20-21H,13H2/b27-22+. The van der Waals surface area contributed by atoms with E-state index < -0.39 is 11.8 Å². The minimum absolute atomic E-state index is 0.137. The Kier molecular flexibility index (Phi) is 5.79. The van der Waals surface area contributed by atoms with E-state index in [1.807, 2.05) is 48.5 Å².